The number of carbonyl (C=O) groups excluding carboxylic acids is 1. The summed E-state index contributed by atoms with van der Waals surface area (Å²) in [7, 11) is 0. The van der Waals surface area contributed by atoms with Crippen LogP contribution >= 0.6 is 0 Å². The highest BCUT2D eigenvalue weighted by Crippen LogP contribution is 2.04. The molecule has 0 aliphatic carbocycles. The number of anilines is 1. The summed E-state index contributed by atoms with van der Waals surface area (Å²) in [5.74, 6) is 0.262. The average Bonchev–Trinajstić information content (AvgIpc) is 2.85. The number of aromatic nitrogens is 5. The predicted octanol–water partition coefficient (Wildman–Crippen LogP) is -0.960. The molecular formula is C7H9N7O. The fraction of sp³-hybridized carbons (Fsp3) is 0.143. The summed E-state index contributed by atoms with van der Waals surface area (Å²) < 4.78 is 0. The van der Waals surface area contributed by atoms with Gasteiger partial charge in [-0.1, -0.05) is 0 Å². The van der Waals surface area contributed by atoms with Gasteiger partial charge in [-0.05, 0) is 0 Å². The van der Waals surface area contributed by atoms with Crippen molar-refractivity contribution in [1.82, 2.24) is 30.7 Å². The van der Waals surface area contributed by atoms with E-state index in [0.29, 0.717) is 12.4 Å². The molecule has 2 aromatic rings. The Kier molecular flexibility index (Phi) is 2.31. The van der Waals surface area contributed by atoms with Gasteiger partial charge in [0.2, 0.25) is 5.82 Å². The van der Waals surface area contributed by atoms with Crippen molar-refractivity contribution in [3.05, 3.63) is 23.9 Å². The minimum Gasteiger partial charge on any atom is -0.384 e. The van der Waals surface area contributed by atoms with Crippen molar-refractivity contribution in [2.75, 3.05) is 5.73 Å². The smallest absolute Gasteiger partial charge is 0.288 e. The van der Waals surface area contributed by atoms with Crippen molar-refractivity contribution in [1.29, 1.82) is 0 Å². The van der Waals surface area contributed by atoms with Crippen LogP contribution in [0.1, 0.15) is 16.2 Å². The number of H-pyrrole nitrogens is 2. The summed E-state index contributed by atoms with van der Waals surface area (Å²) in [5.41, 5.74) is 6.27. The van der Waals surface area contributed by atoms with Gasteiger partial charge < -0.3 is 11.1 Å². The van der Waals surface area contributed by atoms with Crippen LogP contribution in [0.4, 0.5) is 5.82 Å². The third-order valence-electron chi connectivity index (χ3n) is 1.82. The highest BCUT2D eigenvalue weighted by Gasteiger charge is 2.09. The van der Waals surface area contributed by atoms with Crippen LogP contribution in [0.3, 0.4) is 0 Å². The molecule has 0 unspecified atom stereocenters. The van der Waals surface area contributed by atoms with Crippen LogP contribution in [0.5, 0.6) is 0 Å². The molecule has 0 spiro atoms. The summed E-state index contributed by atoms with van der Waals surface area (Å²) in [6, 6.07) is 0. The highest BCUT2D eigenvalue weighted by atomic mass is 16.2. The first kappa shape index (κ1) is 9.19. The summed E-state index contributed by atoms with van der Waals surface area (Å²) in [4.78, 5) is 15.1. The molecule has 8 heteroatoms. The Morgan fingerprint density at radius 1 is 1.47 bits per heavy atom. The van der Waals surface area contributed by atoms with Gasteiger partial charge in [-0.15, -0.1) is 0 Å². The first-order valence-electron chi connectivity index (χ1n) is 4.18. The molecule has 0 bridgehead atoms. The van der Waals surface area contributed by atoms with Crippen LogP contribution in [0.25, 0.3) is 0 Å². The lowest BCUT2D eigenvalue weighted by Gasteiger charge is -2.00. The maximum atomic E-state index is 11.4. The van der Waals surface area contributed by atoms with Crippen molar-refractivity contribution in [2.45, 2.75) is 6.54 Å². The van der Waals surface area contributed by atoms with E-state index in [9.17, 15) is 4.79 Å². The minimum absolute atomic E-state index is 0.164. The molecule has 0 saturated carbocycles. The number of rotatable bonds is 3. The van der Waals surface area contributed by atoms with Crippen molar-refractivity contribution >= 4 is 11.7 Å². The lowest BCUT2D eigenvalue weighted by Crippen LogP contribution is -2.24. The number of amides is 1. The van der Waals surface area contributed by atoms with E-state index in [0.717, 1.165) is 5.56 Å². The molecule has 78 valence electrons. The normalized spacial score (nSPS) is 10.1. The molecular weight excluding hydrogens is 198 g/mol. The van der Waals surface area contributed by atoms with Gasteiger partial charge in [-0.2, -0.15) is 10.2 Å². The van der Waals surface area contributed by atoms with E-state index in [1.54, 1.807) is 6.20 Å². The molecule has 5 N–H and O–H groups in total. The molecule has 0 aromatic carbocycles. The zero-order valence-electron chi connectivity index (χ0n) is 7.69. The van der Waals surface area contributed by atoms with Crippen LogP contribution < -0.4 is 11.1 Å². The number of nitrogens with zero attached hydrogens (tertiary/aromatic N) is 3. The standard InChI is InChI=1S/C7H9N7O/c8-5-4(2-11-13-5)1-9-7(15)6-10-3-12-14-6/h2-3H,1H2,(H,9,15)(H3,8,11,13)(H,10,12,14). The molecule has 8 nitrogen and oxygen atoms in total. The fourth-order valence-electron chi connectivity index (χ4n) is 1.04. The van der Waals surface area contributed by atoms with Crippen molar-refractivity contribution in [3.63, 3.8) is 0 Å². The van der Waals surface area contributed by atoms with Crippen molar-refractivity contribution in [3.8, 4) is 0 Å². The second-order valence-corrected chi connectivity index (χ2v) is 2.83. The molecule has 1 amide bonds. The molecule has 0 saturated heterocycles. The SMILES string of the molecule is Nc1[nH]ncc1CNC(=O)c1ncn[nH]1. The lowest BCUT2D eigenvalue weighted by atomic mass is 10.3. The first-order valence-corrected chi connectivity index (χ1v) is 4.18. The monoisotopic (exact) mass is 207 g/mol. The van der Waals surface area contributed by atoms with Crippen molar-refractivity contribution < 1.29 is 4.79 Å². The van der Waals surface area contributed by atoms with Crippen LogP contribution in [-0.4, -0.2) is 31.3 Å². The number of nitrogens with one attached hydrogen (secondary N) is 3. The molecule has 2 aromatic heterocycles. The van der Waals surface area contributed by atoms with E-state index in [1.165, 1.54) is 6.33 Å². The number of carbonyl (C=O) groups is 1. The maximum Gasteiger partial charge on any atom is 0.288 e. The molecule has 15 heavy (non-hydrogen) atoms. The van der Waals surface area contributed by atoms with E-state index < -0.39 is 0 Å². The summed E-state index contributed by atoms with van der Waals surface area (Å²) >= 11 is 0. The van der Waals surface area contributed by atoms with Crippen LogP contribution in [0.2, 0.25) is 0 Å². The number of hydrogen-bond acceptors (Lipinski definition) is 5. The molecule has 0 atom stereocenters. The van der Waals surface area contributed by atoms with E-state index in [1.807, 2.05) is 0 Å². The highest BCUT2D eigenvalue weighted by molar-refractivity contribution is 5.90. The van der Waals surface area contributed by atoms with Gasteiger partial charge >= 0.3 is 0 Å². The van der Waals surface area contributed by atoms with Gasteiger partial charge in [-0.3, -0.25) is 15.0 Å². The van der Waals surface area contributed by atoms with E-state index in [2.05, 4.69) is 30.7 Å². The summed E-state index contributed by atoms with van der Waals surface area (Å²) in [5, 5.41) is 14.9. The van der Waals surface area contributed by atoms with Crippen LogP contribution in [-0.2, 0) is 6.54 Å². The largest absolute Gasteiger partial charge is 0.384 e. The third-order valence-corrected chi connectivity index (χ3v) is 1.82. The third kappa shape index (κ3) is 1.93. The van der Waals surface area contributed by atoms with Gasteiger partial charge in [0.05, 0.1) is 6.20 Å². The van der Waals surface area contributed by atoms with E-state index >= 15 is 0 Å². The van der Waals surface area contributed by atoms with Crippen molar-refractivity contribution in [2.24, 2.45) is 0 Å². The van der Waals surface area contributed by atoms with E-state index in [-0.39, 0.29) is 11.7 Å². The van der Waals surface area contributed by atoms with Gasteiger partial charge in [0.1, 0.15) is 12.1 Å². The summed E-state index contributed by atoms with van der Waals surface area (Å²) in [6.07, 6.45) is 2.82. The Morgan fingerprint density at radius 3 is 2.93 bits per heavy atom. The number of hydrogen-bond donors (Lipinski definition) is 4. The van der Waals surface area contributed by atoms with Gasteiger partial charge in [0, 0.05) is 12.1 Å². The van der Waals surface area contributed by atoms with E-state index in [4.69, 9.17) is 5.73 Å². The first-order chi connectivity index (χ1) is 7.27. The lowest BCUT2D eigenvalue weighted by molar-refractivity contribution is 0.0941. The zero-order chi connectivity index (χ0) is 10.7. The molecule has 2 heterocycles. The predicted molar refractivity (Wildman–Crippen MR) is 50.6 cm³/mol. The molecule has 0 aliphatic rings. The van der Waals surface area contributed by atoms with Crippen LogP contribution in [0.15, 0.2) is 12.5 Å². The van der Waals surface area contributed by atoms with Gasteiger partial charge in [0.15, 0.2) is 0 Å². The second-order valence-electron chi connectivity index (χ2n) is 2.83. The quantitative estimate of drug-likeness (QED) is 0.515. The Balaban J connectivity index is 1.95. The second kappa shape index (κ2) is 3.78. The zero-order valence-corrected chi connectivity index (χ0v) is 7.69. The maximum absolute atomic E-state index is 11.4. The Morgan fingerprint density at radius 2 is 2.33 bits per heavy atom. The number of aromatic amines is 2. The Labute approximate surface area is 84.3 Å². The topological polar surface area (TPSA) is 125 Å². The van der Waals surface area contributed by atoms with Crippen LogP contribution in [0, 0.1) is 0 Å². The Hall–Kier alpha value is -2.38. The molecule has 0 radical (unpaired) electrons. The molecule has 0 fully saturated rings. The molecule has 0 aliphatic heterocycles. The number of nitrogens with two attached hydrogens (primary N) is 1. The molecule has 2 rings (SSSR count). The van der Waals surface area contributed by atoms with Gasteiger partial charge in [0.25, 0.3) is 5.91 Å². The average molecular weight is 207 g/mol. The van der Waals surface area contributed by atoms with Gasteiger partial charge in [-0.25, -0.2) is 4.98 Å². The minimum atomic E-state index is -0.340. The fourth-order valence-corrected chi connectivity index (χ4v) is 1.04. The summed E-state index contributed by atoms with van der Waals surface area (Å²) in [6.45, 7) is 0.294. The Bertz CT molecular complexity index is 446. The number of nitrogen functional groups attached to an aromatic ring is 1.